The van der Waals surface area contributed by atoms with Gasteiger partial charge in [0.2, 0.25) is 0 Å². The first-order chi connectivity index (χ1) is 16.9. The molecule has 0 unspecified atom stereocenters. The van der Waals surface area contributed by atoms with Crippen molar-refractivity contribution < 1.29 is 14.2 Å². The van der Waals surface area contributed by atoms with Crippen LogP contribution < -0.4 is 0 Å². The third kappa shape index (κ3) is 7.80. The molecule has 0 fully saturated rings. The summed E-state index contributed by atoms with van der Waals surface area (Å²) in [5, 5.41) is 0. The van der Waals surface area contributed by atoms with Gasteiger partial charge in [0.15, 0.2) is 0 Å². The van der Waals surface area contributed by atoms with Crippen LogP contribution in [0.1, 0.15) is 62.1 Å². The molecule has 0 N–H and O–H groups in total. The smallest absolute Gasteiger partial charge is 0.143 e. The minimum absolute atomic E-state index is 0.482. The summed E-state index contributed by atoms with van der Waals surface area (Å²) in [6.45, 7) is 5.30. The van der Waals surface area contributed by atoms with Crippen molar-refractivity contribution in [2.24, 2.45) is 0 Å². The van der Waals surface area contributed by atoms with E-state index in [0.717, 1.165) is 29.7 Å². The molecule has 3 aromatic rings. The largest absolute Gasteiger partial charge is 0.379 e. The SMILES string of the molecule is CCCCCCCCOCCOCCOC(c1ccccc1)(c1ccccc1)c1ccccc1. The molecule has 0 atom stereocenters. The van der Waals surface area contributed by atoms with Crippen LogP contribution in [0, 0.1) is 0 Å². The van der Waals surface area contributed by atoms with E-state index in [0.29, 0.717) is 26.4 Å². The molecule has 34 heavy (non-hydrogen) atoms. The number of unbranched alkanes of at least 4 members (excludes halogenated alkanes) is 5. The van der Waals surface area contributed by atoms with E-state index in [2.05, 4.69) is 79.7 Å². The highest BCUT2D eigenvalue weighted by Gasteiger charge is 2.37. The van der Waals surface area contributed by atoms with Gasteiger partial charge < -0.3 is 14.2 Å². The molecule has 0 radical (unpaired) electrons. The minimum atomic E-state index is -0.693. The molecule has 182 valence electrons. The molecule has 0 aliphatic rings. The van der Waals surface area contributed by atoms with E-state index in [1.165, 1.54) is 32.1 Å². The van der Waals surface area contributed by atoms with Gasteiger partial charge in [-0.3, -0.25) is 0 Å². The Kier molecular flexibility index (Phi) is 11.9. The Morgan fingerprint density at radius 3 is 1.38 bits per heavy atom. The Bertz CT molecular complexity index is 784. The molecule has 0 amide bonds. The van der Waals surface area contributed by atoms with Crippen molar-refractivity contribution in [2.45, 2.75) is 51.0 Å². The summed E-state index contributed by atoms with van der Waals surface area (Å²) in [4.78, 5) is 0. The van der Waals surface area contributed by atoms with Crippen LogP contribution >= 0.6 is 0 Å². The first-order valence-corrected chi connectivity index (χ1v) is 12.8. The summed E-state index contributed by atoms with van der Waals surface area (Å²) in [6, 6.07) is 31.3. The Hall–Kier alpha value is -2.46. The van der Waals surface area contributed by atoms with Gasteiger partial charge in [-0.2, -0.15) is 0 Å². The molecule has 0 aliphatic carbocycles. The molecule has 0 saturated heterocycles. The predicted octanol–water partition coefficient (Wildman–Crippen LogP) is 7.39. The van der Waals surface area contributed by atoms with Gasteiger partial charge in [-0.25, -0.2) is 0 Å². The summed E-state index contributed by atoms with van der Waals surface area (Å²) < 4.78 is 18.3. The normalized spacial score (nSPS) is 11.6. The second kappa shape index (κ2) is 15.4. The topological polar surface area (TPSA) is 27.7 Å². The van der Waals surface area contributed by atoms with Gasteiger partial charge >= 0.3 is 0 Å². The lowest BCUT2D eigenvalue weighted by Crippen LogP contribution is -2.34. The van der Waals surface area contributed by atoms with E-state index >= 15 is 0 Å². The lowest BCUT2D eigenvalue weighted by Gasteiger charge is -2.36. The zero-order valence-corrected chi connectivity index (χ0v) is 20.7. The molecule has 3 heteroatoms. The van der Waals surface area contributed by atoms with Crippen LogP contribution in [-0.2, 0) is 19.8 Å². The second-order valence-electron chi connectivity index (χ2n) is 8.62. The van der Waals surface area contributed by atoms with Gasteiger partial charge in [-0.05, 0) is 23.1 Å². The summed E-state index contributed by atoms with van der Waals surface area (Å²) in [5.74, 6) is 0. The van der Waals surface area contributed by atoms with Gasteiger partial charge in [0, 0.05) is 6.61 Å². The van der Waals surface area contributed by atoms with Crippen molar-refractivity contribution in [3.63, 3.8) is 0 Å². The average Bonchev–Trinajstić information content (AvgIpc) is 2.91. The highest BCUT2D eigenvalue weighted by molar-refractivity contribution is 5.47. The maximum atomic E-state index is 6.71. The van der Waals surface area contributed by atoms with Gasteiger partial charge in [-0.15, -0.1) is 0 Å². The van der Waals surface area contributed by atoms with E-state index in [1.807, 2.05) is 18.2 Å². The Labute approximate surface area is 206 Å². The number of hydrogen-bond donors (Lipinski definition) is 0. The maximum Gasteiger partial charge on any atom is 0.143 e. The summed E-state index contributed by atoms with van der Waals surface area (Å²) >= 11 is 0. The number of ether oxygens (including phenoxy) is 3. The maximum absolute atomic E-state index is 6.71. The molecule has 0 aliphatic heterocycles. The average molecular weight is 461 g/mol. The predicted molar refractivity (Wildman–Crippen MR) is 140 cm³/mol. The fourth-order valence-corrected chi connectivity index (χ4v) is 4.33. The standard InChI is InChI=1S/C31H40O3/c1-2-3-4-5-6-16-23-32-24-25-33-26-27-34-31(28-17-10-7-11-18-28,29-19-12-8-13-20-29)30-21-14-9-15-22-30/h7-15,17-22H,2-6,16,23-27H2,1H3. The van der Waals surface area contributed by atoms with Gasteiger partial charge in [0.05, 0.1) is 26.4 Å². The molecule has 3 rings (SSSR count). The molecule has 0 heterocycles. The molecular formula is C31H40O3. The van der Waals surface area contributed by atoms with E-state index in [-0.39, 0.29) is 0 Å². The molecule has 0 spiro atoms. The van der Waals surface area contributed by atoms with Crippen molar-refractivity contribution in [2.75, 3.05) is 33.0 Å². The first kappa shape index (κ1) is 26.2. The lowest BCUT2D eigenvalue weighted by molar-refractivity contribution is -0.0334. The zero-order valence-electron chi connectivity index (χ0n) is 20.7. The van der Waals surface area contributed by atoms with E-state index in [4.69, 9.17) is 14.2 Å². The quantitative estimate of drug-likeness (QED) is 0.155. The van der Waals surface area contributed by atoms with Crippen LogP contribution in [0.15, 0.2) is 91.0 Å². The van der Waals surface area contributed by atoms with E-state index in [9.17, 15) is 0 Å². The van der Waals surface area contributed by atoms with Crippen molar-refractivity contribution >= 4 is 0 Å². The fraction of sp³-hybridized carbons (Fsp3) is 0.419. The zero-order chi connectivity index (χ0) is 23.7. The van der Waals surface area contributed by atoms with Crippen LogP contribution in [0.2, 0.25) is 0 Å². The third-order valence-corrected chi connectivity index (χ3v) is 6.10. The molecule has 3 nitrogen and oxygen atoms in total. The van der Waals surface area contributed by atoms with Crippen LogP contribution in [0.25, 0.3) is 0 Å². The molecule has 0 bridgehead atoms. The molecule has 3 aromatic carbocycles. The van der Waals surface area contributed by atoms with Crippen LogP contribution in [-0.4, -0.2) is 33.0 Å². The van der Waals surface area contributed by atoms with Gasteiger partial charge in [-0.1, -0.05) is 130 Å². The van der Waals surface area contributed by atoms with Crippen molar-refractivity contribution in [1.82, 2.24) is 0 Å². The molecule has 0 saturated carbocycles. The van der Waals surface area contributed by atoms with Crippen LogP contribution in [0.4, 0.5) is 0 Å². The highest BCUT2D eigenvalue weighted by atomic mass is 16.5. The fourth-order valence-electron chi connectivity index (χ4n) is 4.33. The second-order valence-corrected chi connectivity index (χ2v) is 8.62. The Balaban J connectivity index is 1.54. The monoisotopic (exact) mass is 460 g/mol. The number of rotatable bonds is 17. The number of benzene rings is 3. The Morgan fingerprint density at radius 1 is 0.471 bits per heavy atom. The van der Waals surface area contributed by atoms with Crippen molar-refractivity contribution in [3.8, 4) is 0 Å². The highest BCUT2D eigenvalue weighted by Crippen LogP contribution is 2.40. The van der Waals surface area contributed by atoms with Gasteiger partial charge in [0.25, 0.3) is 0 Å². The van der Waals surface area contributed by atoms with Gasteiger partial charge in [0.1, 0.15) is 5.60 Å². The summed E-state index contributed by atoms with van der Waals surface area (Å²) in [5.41, 5.74) is 2.63. The van der Waals surface area contributed by atoms with Crippen molar-refractivity contribution in [1.29, 1.82) is 0 Å². The molecule has 0 aromatic heterocycles. The minimum Gasteiger partial charge on any atom is -0.379 e. The summed E-state index contributed by atoms with van der Waals surface area (Å²) in [7, 11) is 0. The first-order valence-electron chi connectivity index (χ1n) is 12.8. The Morgan fingerprint density at radius 2 is 0.882 bits per heavy atom. The third-order valence-electron chi connectivity index (χ3n) is 6.10. The van der Waals surface area contributed by atoms with Crippen molar-refractivity contribution in [3.05, 3.63) is 108 Å². The number of hydrogen-bond acceptors (Lipinski definition) is 3. The van der Waals surface area contributed by atoms with Crippen LogP contribution in [0.3, 0.4) is 0 Å². The molecular weight excluding hydrogens is 420 g/mol. The van der Waals surface area contributed by atoms with Crippen LogP contribution in [0.5, 0.6) is 0 Å². The lowest BCUT2D eigenvalue weighted by atomic mass is 9.80. The van der Waals surface area contributed by atoms with E-state index in [1.54, 1.807) is 0 Å². The summed E-state index contributed by atoms with van der Waals surface area (Å²) in [6.07, 6.45) is 7.69. The van der Waals surface area contributed by atoms with E-state index < -0.39 is 5.60 Å².